The maximum absolute atomic E-state index is 5.19. The van der Waals surface area contributed by atoms with E-state index in [4.69, 9.17) is 12.6 Å². The molecule has 102 valence electrons. The van der Waals surface area contributed by atoms with Crippen molar-refractivity contribution in [1.29, 1.82) is 0 Å². The maximum atomic E-state index is 5.19. The summed E-state index contributed by atoms with van der Waals surface area (Å²) in [5.74, 6) is 0. The van der Waals surface area contributed by atoms with Crippen LogP contribution in [0.3, 0.4) is 0 Å². The summed E-state index contributed by atoms with van der Waals surface area (Å²) in [5, 5.41) is 0. The Kier molecular flexibility index (Phi) is 3.98. The molecule has 0 bridgehead atoms. The van der Waals surface area contributed by atoms with Crippen molar-refractivity contribution in [3.05, 3.63) is 83.5 Å². The van der Waals surface area contributed by atoms with E-state index in [1.165, 1.54) is 16.7 Å². The van der Waals surface area contributed by atoms with E-state index in [0.717, 1.165) is 25.7 Å². The van der Waals surface area contributed by atoms with Crippen LogP contribution in [-0.2, 0) is 4.75 Å². The summed E-state index contributed by atoms with van der Waals surface area (Å²) in [6.07, 6.45) is 17.7. The van der Waals surface area contributed by atoms with Gasteiger partial charge in [0.15, 0.2) is 0 Å². The highest BCUT2D eigenvalue weighted by atomic mass is 32.1. The van der Waals surface area contributed by atoms with Crippen molar-refractivity contribution in [2.45, 2.75) is 30.4 Å². The first-order valence-electron chi connectivity index (χ1n) is 7.32. The lowest BCUT2D eigenvalue weighted by atomic mass is 9.77. The molecule has 0 nitrogen and oxygen atoms in total. The fourth-order valence-corrected chi connectivity index (χ4v) is 3.59. The van der Waals surface area contributed by atoms with Gasteiger partial charge in [0.05, 0.1) is 4.75 Å². The molecule has 0 heterocycles. The zero-order valence-electron chi connectivity index (χ0n) is 11.6. The summed E-state index contributed by atoms with van der Waals surface area (Å²) in [6.45, 7) is 0. The van der Waals surface area contributed by atoms with Gasteiger partial charge in [-0.3, -0.25) is 0 Å². The minimum Gasteiger partial charge on any atom is -0.159 e. The van der Waals surface area contributed by atoms with Crippen LogP contribution in [0.15, 0.2) is 77.9 Å². The van der Waals surface area contributed by atoms with E-state index in [0.29, 0.717) is 0 Å². The van der Waals surface area contributed by atoms with Gasteiger partial charge in [0.2, 0.25) is 0 Å². The molecule has 20 heavy (non-hydrogen) atoms. The zero-order valence-corrected chi connectivity index (χ0v) is 12.5. The molecular formula is C19H20S. The Bertz CT molecular complexity index is 555. The quantitative estimate of drug-likeness (QED) is 0.707. The highest BCUT2D eigenvalue weighted by Gasteiger charge is 2.35. The minimum atomic E-state index is -0.253. The van der Waals surface area contributed by atoms with Crippen LogP contribution in [0.5, 0.6) is 0 Å². The van der Waals surface area contributed by atoms with Gasteiger partial charge in [0, 0.05) is 0 Å². The molecule has 0 unspecified atom stereocenters. The number of allylic oxidation sites excluding steroid dienone is 6. The third-order valence-corrected chi connectivity index (χ3v) is 4.98. The number of benzene rings is 1. The normalized spacial score (nSPS) is 18.6. The van der Waals surface area contributed by atoms with Crippen molar-refractivity contribution in [3.63, 3.8) is 0 Å². The Morgan fingerprint density at radius 1 is 0.800 bits per heavy atom. The average molecular weight is 280 g/mol. The van der Waals surface area contributed by atoms with Crippen molar-refractivity contribution in [2.75, 3.05) is 0 Å². The Labute approximate surface area is 127 Å². The molecule has 3 rings (SSSR count). The third-order valence-electron chi connectivity index (χ3n) is 4.15. The Hall–Kier alpha value is -1.47. The Morgan fingerprint density at radius 3 is 1.80 bits per heavy atom. The van der Waals surface area contributed by atoms with Crippen LogP contribution in [0.4, 0.5) is 0 Å². The Balaban J connectivity index is 2.12. The fourth-order valence-electron chi connectivity index (χ4n) is 3.06. The van der Waals surface area contributed by atoms with Gasteiger partial charge in [-0.15, -0.1) is 0 Å². The molecule has 2 aliphatic rings. The van der Waals surface area contributed by atoms with Gasteiger partial charge < -0.3 is 0 Å². The monoisotopic (exact) mass is 280 g/mol. The standard InChI is InChI=1S/C19H20S/c20-19(16-10-4-1-5-11-16,17-12-6-2-7-13-17)18-14-8-3-9-15-18/h1-6,8,10-12,14,20H,7,9,13,15H2. The second-order valence-corrected chi connectivity index (χ2v) is 6.06. The molecule has 0 aliphatic heterocycles. The zero-order chi connectivity index (χ0) is 13.8. The van der Waals surface area contributed by atoms with Gasteiger partial charge in [-0.25, -0.2) is 0 Å². The molecule has 0 N–H and O–H groups in total. The van der Waals surface area contributed by atoms with E-state index in [9.17, 15) is 0 Å². The molecule has 0 amide bonds. The Morgan fingerprint density at radius 2 is 1.35 bits per heavy atom. The van der Waals surface area contributed by atoms with Crippen molar-refractivity contribution in [3.8, 4) is 0 Å². The topological polar surface area (TPSA) is 0 Å². The average Bonchev–Trinajstić information content (AvgIpc) is 2.56. The lowest BCUT2D eigenvalue weighted by Crippen LogP contribution is -2.26. The molecule has 1 aromatic carbocycles. The summed E-state index contributed by atoms with van der Waals surface area (Å²) < 4.78 is -0.253. The van der Waals surface area contributed by atoms with Gasteiger partial charge in [0.25, 0.3) is 0 Å². The van der Waals surface area contributed by atoms with Crippen LogP contribution in [0.25, 0.3) is 0 Å². The summed E-state index contributed by atoms with van der Waals surface area (Å²) in [5.41, 5.74) is 4.11. The van der Waals surface area contributed by atoms with Gasteiger partial charge in [0.1, 0.15) is 0 Å². The molecule has 0 saturated carbocycles. The van der Waals surface area contributed by atoms with Crippen molar-refractivity contribution < 1.29 is 0 Å². The molecule has 1 heteroatoms. The smallest absolute Gasteiger partial charge is 0.0804 e. The van der Waals surface area contributed by atoms with Crippen molar-refractivity contribution in [1.82, 2.24) is 0 Å². The summed E-state index contributed by atoms with van der Waals surface area (Å²) in [6, 6.07) is 10.7. The van der Waals surface area contributed by atoms with E-state index < -0.39 is 0 Å². The molecule has 2 aliphatic carbocycles. The lowest BCUT2D eigenvalue weighted by molar-refractivity contribution is 0.726. The van der Waals surface area contributed by atoms with Crippen LogP contribution >= 0.6 is 12.6 Å². The molecule has 0 spiro atoms. The summed E-state index contributed by atoms with van der Waals surface area (Å²) in [7, 11) is 0. The van der Waals surface area contributed by atoms with Crippen molar-refractivity contribution >= 4 is 12.6 Å². The van der Waals surface area contributed by atoms with Crippen LogP contribution in [-0.4, -0.2) is 0 Å². The predicted molar refractivity (Wildman–Crippen MR) is 90.0 cm³/mol. The molecular weight excluding hydrogens is 260 g/mol. The van der Waals surface area contributed by atoms with Crippen LogP contribution in [0.1, 0.15) is 31.2 Å². The molecule has 0 fully saturated rings. The highest BCUT2D eigenvalue weighted by molar-refractivity contribution is 7.81. The number of thiol groups is 1. The third kappa shape index (κ3) is 2.43. The number of rotatable bonds is 3. The van der Waals surface area contributed by atoms with Gasteiger partial charge >= 0.3 is 0 Å². The first-order valence-corrected chi connectivity index (χ1v) is 7.77. The van der Waals surface area contributed by atoms with Crippen LogP contribution < -0.4 is 0 Å². The van der Waals surface area contributed by atoms with E-state index >= 15 is 0 Å². The largest absolute Gasteiger partial charge is 0.159 e. The number of hydrogen-bond acceptors (Lipinski definition) is 1. The van der Waals surface area contributed by atoms with Gasteiger partial charge in [-0.2, -0.15) is 12.6 Å². The van der Waals surface area contributed by atoms with E-state index in [1.807, 2.05) is 0 Å². The number of hydrogen-bond donors (Lipinski definition) is 1. The van der Waals surface area contributed by atoms with E-state index in [-0.39, 0.29) is 4.75 Å². The first kappa shape index (κ1) is 13.5. The van der Waals surface area contributed by atoms with Crippen LogP contribution in [0.2, 0.25) is 0 Å². The molecule has 0 radical (unpaired) electrons. The van der Waals surface area contributed by atoms with Crippen molar-refractivity contribution in [2.24, 2.45) is 0 Å². The lowest BCUT2D eigenvalue weighted by Gasteiger charge is -2.36. The molecule has 0 aromatic heterocycles. The highest BCUT2D eigenvalue weighted by Crippen LogP contribution is 2.47. The second-order valence-electron chi connectivity index (χ2n) is 5.39. The molecule has 0 saturated heterocycles. The summed E-state index contributed by atoms with van der Waals surface area (Å²) in [4.78, 5) is 0. The minimum absolute atomic E-state index is 0.253. The fraction of sp³-hybridized carbons (Fsp3) is 0.263. The van der Waals surface area contributed by atoms with Crippen LogP contribution in [0, 0.1) is 0 Å². The maximum Gasteiger partial charge on any atom is 0.0804 e. The molecule has 1 aromatic rings. The van der Waals surface area contributed by atoms with E-state index in [1.54, 1.807) is 0 Å². The predicted octanol–water partition coefficient (Wildman–Crippen LogP) is 5.36. The molecule has 0 atom stereocenters. The van der Waals surface area contributed by atoms with Gasteiger partial charge in [-0.1, -0.05) is 66.8 Å². The summed E-state index contributed by atoms with van der Waals surface area (Å²) >= 11 is 5.19. The SMILES string of the molecule is SC(C1=CC=CCC1)(C1=CC=CCC1)c1ccccc1. The van der Waals surface area contributed by atoms with Gasteiger partial charge in [-0.05, 0) is 42.4 Å². The van der Waals surface area contributed by atoms with E-state index in [2.05, 4.69) is 66.8 Å². The first-order chi connectivity index (χ1) is 9.82. The second kappa shape index (κ2) is 5.88.